The van der Waals surface area contributed by atoms with Crippen LogP contribution in [0.4, 0.5) is 0 Å². The summed E-state index contributed by atoms with van der Waals surface area (Å²) in [5.74, 6) is 0.251. The number of ether oxygens (including phenoxy) is 1. The van der Waals surface area contributed by atoms with E-state index in [0.29, 0.717) is 23.0 Å². The number of para-hydroxylation sites is 1. The highest BCUT2D eigenvalue weighted by atomic mass is 16.6. The molecule has 0 saturated carbocycles. The highest BCUT2D eigenvalue weighted by molar-refractivity contribution is 5.77. The lowest BCUT2D eigenvalue weighted by Gasteiger charge is -2.38. The summed E-state index contributed by atoms with van der Waals surface area (Å²) >= 11 is 0. The third kappa shape index (κ3) is 4.39. The predicted octanol–water partition coefficient (Wildman–Crippen LogP) is 5.32. The van der Waals surface area contributed by atoms with Crippen LogP contribution >= 0.6 is 0 Å². The Labute approximate surface area is 166 Å². The molecule has 2 atom stereocenters. The van der Waals surface area contributed by atoms with Gasteiger partial charge in [0, 0.05) is 6.42 Å². The first-order valence-electron chi connectivity index (χ1n) is 10.0. The standard InChI is InChI=1S/C24H30O4/c1-16(2)9-7-10-17(3)11-8-14-24(4)21(25)15-19-22(26)18-12-5-6-13-20(18)27-23(19)28-24/h5-6,9,11-13,21,25H,7-8,10,14-15H2,1-4H3/b17-11+/t21-,24-/m0/s1. The fourth-order valence-electron chi connectivity index (χ4n) is 3.62. The minimum absolute atomic E-state index is 0.118. The third-order valence-corrected chi connectivity index (χ3v) is 5.51. The SMILES string of the molecule is CC(C)=CCC/C(C)=C/CC[C@]1(C)Oc2oc3ccccc3c(=O)c2C[C@@H]1O. The zero-order valence-corrected chi connectivity index (χ0v) is 17.2. The maximum atomic E-state index is 12.7. The summed E-state index contributed by atoms with van der Waals surface area (Å²) < 4.78 is 11.9. The molecule has 0 saturated heterocycles. The van der Waals surface area contributed by atoms with E-state index in [1.165, 1.54) is 11.1 Å². The molecule has 28 heavy (non-hydrogen) atoms. The van der Waals surface area contributed by atoms with Crippen molar-refractivity contribution < 1.29 is 14.3 Å². The summed E-state index contributed by atoms with van der Waals surface area (Å²) in [7, 11) is 0. The van der Waals surface area contributed by atoms with Gasteiger partial charge < -0.3 is 14.3 Å². The van der Waals surface area contributed by atoms with Crippen molar-refractivity contribution in [3.63, 3.8) is 0 Å². The first-order chi connectivity index (χ1) is 13.3. The van der Waals surface area contributed by atoms with E-state index in [1.807, 2.05) is 19.1 Å². The van der Waals surface area contributed by atoms with Crippen LogP contribution in [-0.4, -0.2) is 16.8 Å². The van der Waals surface area contributed by atoms with Crippen LogP contribution in [0.1, 0.15) is 58.9 Å². The van der Waals surface area contributed by atoms with E-state index < -0.39 is 11.7 Å². The van der Waals surface area contributed by atoms with Gasteiger partial charge in [-0.3, -0.25) is 4.79 Å². The van der Waals surface area contributed by atoms with Gasteiger partial charge >= 0.3 is 0 Å². The highest BCUT2D eigenvalue weighted by Crippen LogP contribution is 2.36. The molecule has 3 rings (SSSR count). The Bertz CT molecular complexity index is 962. The molecule has 0 fully saturated rings. The second kappa shape index (κ2) is 8.36. The van der Waals surface area contributed by atoms with Gasteiger partial charge in [0.2, 0.25) is 0 Å². The lowest BCUT2D eigenvalue weighted by molar-refractivity contribution is -0.0726. The van der Waals surface area contributed by atoms with E-state index in [0.717, 1.165) is 19.3 Å². The van der Waals surface area contributed by atoms with Gasteiger partial charge in [-0.15, -0.1) is 0 Å². The second-order valence-corrected chi connectivity index (χ2v) is 8.24. The Morgan fingerprint density at radius 3 is 2.71 bits per heavy atom. The average molecular weight is 383 g/mol. The highest BCUT2D eigenvalue weighted by Gasteiger charge is 2.42. The molecule has 0 spiro atoms. The number of benzene rings is 1. The van der Waals surface area contributed by atoms with Crippen molar-refractivity contribution in [1.29, 1.82) is 0 Å². The molecule has 1 aliphatic heterocycles. The predicted molar refractivity (Wildman–Crippen MR) is 113 cm³/mol. The van der Waals surface area contributed by atoms with E-state index in [9.17, 15) is 9.90 Å². The van der Waals surface area contributed by atoms with Gasteiger partial charge in [-0.25, -0.2) is 0 Å². The third-order valence-electron chi connectivity index (χ3n) is 5.51. The average Bonchev–Trinajstić information content (AvgIpc) is 2.63. The summed E-state index contributed by atoms with van der Waals surface area (Å²) in [5, 5.41) is 11.2. The molecule has 0 radical (unpaired) electrons. The maximum absolute atomic E-state index is 12.7. The fraction of sp³-hybridized carbons (Fsp3) is 0.458. The smallest absolute Gasteiger partial charge is 0.292 e. The molecule has 2 aromatic rings. The van der Waals surface area contributed by atoms with Gasteiger partial charge in [0.15, 0.2) is 5.43 Å². The lowest BCUT2D eigenvalue weighted by Crippen LogP contribution is -2.50. The molecule has 0 aliphatic carbocycles. The van der Waals surface area contributed by atoms with Crippen molar-refractivity contribution in [3.05, 3.63) is 63.4 Å². The van der Waals surface area contributed by atoms with Gasteiger partial charge in [0.1, 0.15) is 11.2 Å². The van der Waals surface area contributed by atoms with E-state index in [2.05, 4.69) is 32.9 Å². The van der Waals surface area contributed by atoms with Gasteiger partial charge in [-0.05, 0) is 65.5 Å². The Balaban J connectivity index is 1.73. The maximum Gasteiger partial charge on any atom is 0.292 e. The number of hydrogen-bond donors (Lipinski definition) is 1. The van der Waals surface area contributed by atoms with Crippen LogP contribution in [0.2, 0.25) is 0 Å². The van der Waals surface area contributed by atoms with Crippen LogP contribution in [-0.2, 0) is 6.42 Å². The Hall–Kier alpha value is -2.33. The molecule has 0 bridgehead atoms. The molecular weight excluding hydrogens is 352 g/mol. The quantitative estimate of drug-likeness (QED) is 0.687. The molecule has 1 aliphatic rings. The molecule has 1 aromatic carbocycles. The molecule has 1 aromatic heterocycles. The summed E-state index contributed by atoms with van der Waals surface area (Å²) in [4.78, 5) is 12.7. The second-order valence-electron chi connectivity index (χ2n) is 8.24. The van der Waals surface area contributed by atoms with Crippen LogP contribution in [0.3, 0.4) is 0 Å². The van der Waals surface area contributed by atoms with E-state index >= 15 is 0 Å². The number of hydrogen-bond acceptors (Lipinski definition) is 4. The van der Waals surface area contributed by atoms with Crippen molar-refractivity contribution in [1.82, 2.24) is 0 Å². The van der Waals surface area contributed by atoms with Crippen LogP contribution in [0.5, 0.6) is 5.95 Å². The molecular formula is C24H30O4. The molecule has 1 N–H and O–H groups in total. The van der Waals surface area contributed by atoms with E-state index in [1.54, 1.807) is 12.1 Å². The summed E-state index contributed by atoms with van der Waals surface area (Å²) in [6, 6.07) is 7.14. The zero-order valence-electron chi connectivity index (χ0n) is 17.2. The Kier molecular flexibility index (Phi) is 6.09. The van der Waals surface area contributed by atoms with Crippen molar-refractivity contribution in [3.8, 4) is 5.95 Å². The summed E-state index contributed by atoms with van der Waals surface area (Å²) in [6.07, 6.45) is 7.51. The van der Waals surface area contributed by atoms with Crippen molar-refractivity contribution >= 4 is 11.0 Å². The minimum atomic E-state index is -0.776. The molecule has 2 heterocycles. The summed E-state index contributed by atoms with van der Waals surface area (Å²) in [6.45, 7) is 8.25. The molecule has 0 amide bonds. The van der Waals surface area contributed by atoms with Crippen LogP contribution in [0.15, 0.2) is 56.8 Å². The lowest BCUT2D eigenvalue weighted by atomic mass is 9.86. The van der Waals surface area contributed by atoms with Gasteiger partial charge in [0.05, 0.1) is 17.1 Å². The van der Waals surface area contributed by atoms with Crippen molar-refractivity contribution in [2.45, 2.75) is 71.5 Å². The van der Waals surface area contributed by atoms with Gasteiger partial charge in [-0.2, -0.15) is 0 Å². The largest absolute Gasteiger partial charge is 0.456 e. The zero-order chi connectivity index (χ0) is 20.3. The number of aliphatic hydroxyl groups is 1. The molecule has 4 heteroatoms. The van der Waals surface area contributed by atoms with Gasteiger partial charge in [0.25, 0.3) is 5.95 Å². The number of aliphatic hydroxyl groups excluding tert-OH is 1. The number of fused-ring (bicyclic) bond motifs is 2. The topological polar surface area (TPSA) is 59.7 Å². The first kappa shape index (κ1) is 20.4. The van der Waals surface area contributed by atoms with Gasteiger partial charge in [-0.1, -0.05) is 35.4 Å². The van der Waals surface area contributed by atoms with E-state index in [4.69, 9.17) is 9.15 Å². The van der Waals surface area contributed by atoms with Crippen molar-refractivity contribution in [2.75, 3.05) is 0 Å². The van der Waals surface area contributed by atoms with Crippen molar-refractivity contribution in [2.24, 2.45) is 0 Å². The Morgan fingerprint density at radius 2 is 1.96 bits per heavy atom. The monoisotopic (exact) mass is 382 g/mol. The molecule has 4 nitrogen and oxygen atoms in total. The number of allylic oxidation sites excluding steroid dienone is 4. The molecule has 0 unspecified atom stereocenters. The summed E-state index contributed by atoms with van der Waals surface area (Å²) in [5.41, 5.74) is 2.73. The number of rotatable bonds is 6. The van der Waals surface area contributed by atoms with Crippen LogP contribution < -0.4 is 10.2 Å². The molecule has 150 valence electrons. The first-order valence-corrected chi connectivity index (χ1v) is 10.0. The fourth-order valence-corrected chi connectivity index (χ4v) is 3.62. The Morgan fingerprint density at radius 1 is 1.21 bits per heavy atom. The minimum Gasteiger partial charge on any atom is -0.456 e. The van der Waals surface area contributed by atoms with Crippen LogP contribution in [0.25, 0.3) is 11.0 Å². The van der Waals surface area contributed by atoms with E-state index in [-0.39, 0.29) is 17.8 Å². The van der Waals surface area contributed by atoms with Crippen LogP contribution in [0, 0.1) is 0 Å². The normalized spacial score (nSPS) is 21.9.